The molecule has 98 valence electrons. The first kappa shape index (κ1) is 13.8. The van der Waals surface area contributed by atoms with E-state index < -0.39 is 0 Å². The molecule has 0 radical (unpaired) electrons. The van der Waals surface area contributed by atoms with E-state index in [1.807, 2.05) is 18.2 Å². The van der Waals surface area contributed by atoms with Gasteiger partial charge in [0, 0.05) is 16.0 Å². The van der Waals surface area contributed by atoms with E-state index in [0.717, 1.165) is 35.8 Å². The van der Waals surface area contributed by atoms with Gasteiger partial charge in [-0.05, 0) is 37.1 Å². The zero-order valence-electron chi connectivity index (χ0n) is 10.0. The zero-order chi connectivity index (χ0) is 13.0. The SMILES string of the molecule is O=C(NCc1ccc(Br)cc1Cl)C1CCCCN1. The van der Waals surface area contributed by atoms with Crippen LogP contribution in [0.1, 0.15) is 24.8 Å². The lowest BCUT2D eigenvalue weighted by Gasteiger charge is -2.22. The fourth-order valence-corrected chi connectivity index (χ4v) is 2.79. The van der Waals surface area contributed by atoms with Gasteiger partial charge >= 0.3 is 0 Å². The average Bonchev–Trinajstić information content (AvgIpc) is 2.38. The van der Waals surface area contributed by atoms with E-state index in [1.165, 1.54) is 0 Å². The average molecular weight is 332 g/mol. The summed E-state index contributed by atoms with van der Waals surface area (Å²) in [6.07, 6.45) is 3.19. The minimum absolute atomic E-state index is 0.0482. The van der Waals surface area contributed by atoms with Gasteiger partial charge in [0.2, 0.25) is 5.91 Å². The Kier molecular flexibility index (Phi) is 5.03. The predicted octanol–water partition coefficient (Wildman–Crippen LogP) is 2.86. The molecule has 1 aromatic rings. The molecule has 2 rings (SSSR count). The molecule has 1 aromatic carbocycles. The van der Waals surface area contributed by atoms with E-state index in [0.29, 0.717) is 11.6 Å². The molecule has 1 heterocycles. The van der Waals surface area contributed by atoms with Crippen molar-refractivity contribution in [1.82, 2.24) is 10.6 Å². The van der Waals surface area contributed by atoms with Crippen LogP contribution in [0.2, 0.25) is 5.02 Å². The molecule has 1 unspecified atom stereocenters. The van der Waals surface area contributed by atoms with Crippen molar-refractivity contribution in [2.24, 2.45) is 0 Å². The van der Waals surface area contributed by atoms with Crippen molar-refractivity contribution in [2.75, 3.05) is 6.54 Å². The normalized spacial score (nSPS) is 19.6. The van der Waals surface area contributed by atoms with Crippen LogP contribution in [-0.2, 0) is 11.3 Å². The number of carbonyl (C=O) groups excluding carboxylic acids is 1. The molecule has 18 heavy (non-hydrogen) atoms. The number of amides is 1. The Morgan fingerprint density at radius 1 is 1.50 bits per heavy atom. The predicted molar refractivity (Wildman–Crippen MR) is 76.6 cm³/mol. The molecule has 1 fully saturated rings. The van der Waals surface area contributed by atoms with Gasteiger partial charge in [-0.25, -0.2) is 0 Å². The van der Waals surface area contributed by atoms with Crippen molar-refractivity contribution in [3.05, 3.63) is 33.3 Å². The summed E-state index contributed by atoms with van der Waals surface area (Å²) < 4.78 is 0.941. The van der Waals surface area contributed by atoms with E-state index >= 15 is 0 Å². The number of hydrogen-bond acceptors (Lipinski definition) is 2. The van der Waals surface area contributed by atoms with Crippen LogP contribution in [0, 0.1) is 0 Å². The summed E-state index contributed by atoms with van der Waals surface area (Å²) in [6, 6.07) is 5.63. The number of benzene rings is 1. The number of rotatable bonds is 3. The van der Waals surface area contributed by atoms with Crippen LogP contribution in [0.4, 0.5) is 0 Å². The van der Waals surface area contributed by atoms with Crippen LogP contribution in [0.25, 0.3) is 0 Å². The molecule has 1 aliphatic rings. The van der Waals surface area contributed by atoms with E-state index in [1.54, 1.807) is 0 Å². The maximum absolute atomic E-state index is 11.9. The third kappa shape index (κ3) is 3.70. The number of nitrogens with one attached hydrogen (secondary N) is 2. The van der Waals surface area contributed by atoms with Crippen molar-refractivity contribution in [1.29, 1.82) is 0 Å². The van der Waals surface area contributed by atoms with Crippen LogP contribution in [0.5, 0.6) is 0 Å². The second-order valence-electron chi connectivity index (χ2n) is 4.46. The summed E-state index contributed by atoms with van der Waals surface area (Å²) in [5.41, 5.74) is 0.934. The first-order chi connectivity index (χ1) is 8.66. The van der Waals surface area contributed by atoms with Crippen molar-refractivity contribution >= 4 is 33.4 Å². The van der Waals surface area contributed by atoms with Gasteiger partial charge in [-0.2, -0.15) is 0 Å². The van der Waals surface area contributed by atoms with Crippen molar-refractivity contribution in [2.45, 2.75) is 31.8 Å². The maximum atomic E-state index is 11.9. The monoisotopic (exact) mass is 330 g/mol. The van der Waals surface area contributed by atoms with Gasteiger partial charge in [0.05, 0.1) is 6.04 Å². The Bertz CT molecular complexity index is 433. The highest BCUT2D eigenvalue weighted by Crippen LogP contribution is 2.21. The summed E-state index contributed by atoms with van der Waals surface area (Å²) >= 11 is 9.46. The number of halogens is 2. The lowest BCUT2D eigenvalue weighted by Crippen LogP contribution is -2.46. The first-order valence-electron chi connectivity index (χ1n) is 6.12. The molecular formula is C13H16BrClN2O. The molecule has 0 saturated carbocycles. The zero-order valence-corrected chi connectivity index (χ0v) is 12.4. The van der Waals surface area contributed by atoms with E-state index in [9.17, 15) is 4.79 Å². The highest BCUT2D eigenvalue weighted by molar-refractivity contribution is 9.10. The fourth-order valence-electron chi connectivity index (χ4n) is 2.05. The number of hydrogen-bond donors (Lipinski definition) is 2. The lowest BCUT2D eigenvalue weighted by atomic mass is 10.0. The molecule has 0 aliphatic carbocycles. The highest BCUT2D eigenvalue weighted by atomic mass is 79.9. The summed E-state index contributed by atoms with van der Waals surface area (Å²) in [5.74, 6) is 0.0636. The Balaban J connectivity index is 1.88. The van der Waals surface area contributed by atoms with Crippen LogP contribution in [0.15, 0.2) is 22.7 Å². The second-order valence-corrected chi connectivity index (χ2v) is 5.78. The highest BCUT2D eigenvalue weighted by Gasteiger charge is 2.20. The smallest absolute Gasteiger partial charge is 0.237 e. The van der Waals surface area contributed by atoms with Gasteiger partial charge in [-0.3, -0.25) is 4.79 Å². The van der Waals surface area contributed by atoms with Gasteiger partial charge < -0.3 is 10.6 Å². The third-order valence-corrected chi connectivity index (χ3v) is 3.94. The lowest BCUT2D eigenvalue weighted by molar-refractivity contribution is -0.123. The summed E-state index contributed by atoms with van der Waals surface area (Å²) in [6.45, 7) is 1.40. The summed E-state index contributed by atoms with van der Waals surface area (Å²) in [7, 11) is 0. The minimum atomic E-state index is -0.0482. The summed E-state index contributed by atoms with van der Waals surface area (Å²) in [4.78, 5) is 11.9. The van der Waals surface area contributed by atoms with E-state index in [-0.39, 0.29) is 11.9 Å². The quantitative estimate of drug-likeness (QED) is 0.894. The van der Waals surface area contributed by atoms with Crippen LogP contribution < -0.4 is 10.6 Å². The molecule has 1 atom stereocenters. The Morgan fingerprint density at radius 2 is 2.33 bits per heavy atom. The molecule has 0 bridgehead atoms. The van der Waals surface area contributed by atoms with Crippen LogP contribution >= 0.6 is 27.5 Å². The van der Waals surface area contributed by atoms with Gasteiger partial charge in [-0.15, -0.1) is 0 Å². The number of carbonyl (C=O) groups is 1. The van der Waals surface area contributed by atoms with E-state index in [2.05, 4.69) is 26.6 Å². The molecule has 0 aromatic heterocycles. The summed E-state index contributed by atoms with van der Waals surface area (Å²) in [5, 5.41) is 6.82. The Hall–Kier alpha value is -0.580. The van der Waals surface area contributed by atoms with Crippen molar-refractivity contribution in [3.63, 3.8) is 0 Å². The molecule has 3 nitrogen and oxygen atoms in total. The first-order valence-corrected chi connectivity index (χ1v) is 7.29. The standard InChI is InChI=1S/C13H16BrClN2O/c14-10-5-4-9(11(15)7-10)8-17-13(18)12-3-1-2-6-16-12/h4-5,7,12,16H,1-3,6,8H2,(H,17,18). The van der Waals surface area contributed by atoms with Crippen LogP contribution in [-0.4, -0.2) is 18.5 Å². The molecular weight excluding hydrogens is 316 g/mol. The molecule has 0 spiro atoms. The van der Waals surface area contributed by atoms with E-state index in [4.69, 9.17) is 11.6 Å². The molecule has 1 saturated heterocycles. The molecule has 1 amide bonds. The Labute approximate surface area is 120 Å². The molecule has 2 N–H and O–H groups in total. The molecule has 5 heteroatoms. The maximum Gasteiger partial charge on any atom is 0.237 e. The largest absolute Gasteiger partial charge is 0.351 e. The van der Waals surface area contributed by atoms with Gasteiger partial charge in [0.25, 0.3) is 0 Å². The van der Waals surface area contributed by atoms with Crippen LogP contribution in [0.3, 0.4) is 0 Å². The van der Waals surface area contributed by atoms with Gasteiger partial charge in [0.1, 0.15) is 0 Å². The number of piperidine rings is 1. The second kappa shape index (κ2) is 6.55. The van der Waals surface area contributed by atoms with Gasteiger partial charge in [0.15, 0.2) is 0 Å². The topological polar surface area (TPSA) is 41.1 Å². The Morgan fingerprint density at radius 3 is 3.00 bits per heavy atom. The van der Waals surface area contributed by atoms with Gasteiger partial charge in [-0.1, -0.05) is 40.0 Å². The third-order valence-electron chi connectivity index (χ3n) is 3.09. The molecule has 1 aliphatic heterocycles. The van der Waals surface area contributed by atoms with Crippen molar-refractivity contribution in [3.8, 4) is 0 Å². The minimum Gasteiger partial charge on any atom is -0.351 e. The fraction of sp³-hybridized carbons (Fsp3) is 0.462. The van der Waals surface area contributed by atoms with Crippen molar-refractivity contribution < 1.29 is 4.79 Å².